The number of morpholine rings is 1. The Hall–Kier alpha value is -2.95. The van der Waals surface area contributed by atoms with Crippen LogP contribution in [0.5, 0.6) is 0 Å². The number of hydrazone groups is 1. The molecule has 0 atom stereocenters. The van der Waals surface area contributed by atoms with E-state index < -0.39 is 0 Å². The summed E-state index contributed by atoms with van der Waals surface area (Å²) in [7, 11) is 0. The summed E-state index contributed by atoms with van der Waals surface area (Å²) >= 11 is 0. The van der Waals surface area contributed by atoms with Gasteiger partial charge in [0, 0.05) is 30.8 Å². The highest BCUT2D eigenvalue weighted by molar-refractivity contribution is 6.13. The minimum atomic E-state index is 0.829. The van der Waals surface area contributed by atoms with Gasteiger partial charge in [0.1, 0.15) is 0 Å². The highest BCUT2D eigenvalue weighted by atomic mass is 16.5. The fourth-order valence-electron chi connectivity index (χ4n) is 3.31. The molecule has 0 bridgehead atoms. The molecule has 4 nitrogen and oxygen atoms in total. The zero-order valence-corrected chi connectivity index (χ0v) is 15.9. The monoisotopic (exact) mass is 371 g/mol. The molecular formula is C24H25N3O. The molecule has 1 aliphatic heterocycles. The fraction of sp³-hybridized carbons (Fsp3) is 0.208. The third-order valence-electron chi connectivity index (χ3n) is 4.86. The van der Waals surface area contributed by atoms with Crippen molar-refractivity contribution in [1.82, 2.24) is 4.90 Å². The van der Waals surface area contributed by atoms with Crippen LogP contribution in [0.3, 0.4) is 0 Å². The lowest BCUT2D eigenvalue weighted by Crippen LogP contribution is -2.35. The topological polar surface area (TPSA) is 36.9 Å². The van der Waals surface area contributed by atoms with Gasteiger partial charge in [-0.1, -0.05) is 72.8 Å². The predicted molar refractivity (Wildman–Crippen MR) is 115 cm³/mol. The molecular weight excluding hydrogens is 346 g/mol. The van der Waals surface area contributed by atoms with Gasteiger partial charge in [0.05, 0.1) is 24.6 Å². The quantitative estimate of drug-likeness (QED) is 0.516. The van der Waals surface area contributed by atoms with Gasteiger partial charge in [-0.15, -0.1) is 0 Å². The summed E-state index contributed by atoms with van der Waals surface area (Å²) in [5.41, 5.74) is 8.62. The van der Waals surface area contributed by atoms with E-state index >= 15 is 0 Å². The lowest BCUT2D eigenvalue weighted by atomic mass is 10.0. The van der Waals surface area contributed by atoms with Crippen molar-refractivity contribution in [2.75, 3.05) is 31.7 Å². The van der Waals surface area contributed by atoms with Crippen LogP contribution < -0.4 is 5.43 Å². The Morgan fingerprint density at radius 1 is 0.786 bits per heavy atom. The van der Waals surface area contributed by atoms with E-state index in [-0.39, 0.29) is 0 Å². The molecule has 4 rings (SSSR count). The summed E-state index contributed by atoms with van der Waals surface area (Å²) in [6, 6.07) is 29.0. The number of hydrogen-bond donors (Lipinski definition) is 1. The SMILES string of the molecule is c1ccc(C(=NNc2ccc(CN3CCOCC3)cc2)c2ccccc2)cc1. The summed E-state index contributed by atoms with van der Waals surface area (Å²) in [5, 5.41) is 4.72. The Morgan fingerprint density at radius 3 is 1.93 bits per heavy atom. The minimum absolute atomic E-state index is 0.829. The Morgan fingerprint density at radius 2 is 1.36 bits per heavy atom. The first-order valence-electron chi connectivity index (χ1n) is 9.72. The van der Waals surface area contributed by atoms with E-state index in [1.54, 1.807) is 0 Å². The zero-order valence-electron chi connectivity index (χ0n) is 15.9. The van der Waals surface area contributed by atoms with Crippen molar-refractivity contribution in [1.29, 1.82) is 0 Å². The molecule has 4 heteroatoms. The van der Waals surface area contributed by atoms with Crippen molar-refractivity contribution < 1.29 is 4.74 Å². The van der Waals surface area contributed by atoms with Crippen molar-refractivity contribution in [3.8, 4) is 0 Å². The first-order valence-corrected chi connectivity index (χ1v) is 9.72. The second-order valence-corrected chi connectivity index (χ2v) is 6.89. The summed E-state index contributed by atoms with van der Waals surface area (Å²) in [6.45, 7) is 4.63. The molecule has 142 valence electrons. The van der Waals surface area contributed by atoms with Gasteiger partial charge < -0.3 is 4.74 Å². The van der Waals surface area contributed by atoms with E-state index in [0.29, 0.717) is 0 Å². The lowest BCUT2D eigenvalue weighted by Gasteiger charge is -2.26. The van der Waals surface area contributed by atoms with E-state index in [4.69, 9.17) is 9.84 Å². The second kappa shape index (κ2) is 9.31. The highest BCUT2D eigenvalue weighted by Gasteiger charge is 2.10. The Balaban J connectivity index is 1.49. The lowest BCUT2D eigenvalue weighted by molar-refractivity contribution is 0.0342. The van der Waals surface area contributed by atoms with Crippen LogP contribution in [-0.2, 0) is 11.3 Å². The molecule has 1 saturated heterocycles. The molecule has 0 aliphatic carbocycles. The van der Waals surface area contributed by atoms with Crippen LogP contribution in [0.4, 0.5) is 5.69 Å². The molecule has 0 unspecified atom stereocenters. The summed E-state index contributed by atoms with van der Waals surface area (Å²) in [4.78, 5) is 2.42. The summed E-state index contributed by atoms with van der Waals surface area (Å²) < 4.78 is 5.42. The van der Waals surface area contributed by atoms with Gasteiger partial charge in [0.2, 0.25) is 0 Å². The Labute approximate surface area is 166 Å². The fourth-order valence-corrected chi connectivity index (χ4v) is 3.31. The first-order chi connectivity index (χ1) is 13.9. The van der Waals surface area contributed by atoms with Crippen molar-refractivity contribution in [3.05, 3.63) is 102 Å². The number of ether oxygens (including phenoxy) is 1. The normalized spacial score (nSPS) is 14.4. The van der Waals surface area contributed by atoms with Crippen LogP contribution in [0.15, 0.2) is 90.0 Å². The van der Waals surface area contributed by atoms with Crippen molar-refractivity contribution in [2.24, 2.45) is 5.10 Å². The van der Waals surface area contributed by atoms with Crippen LogP contribution in [0.25, 0.3) is 0 Å². The number of nitrogens with one attached hydrogen (secondary N) is 1. The predicted octanol–water partition coefficient (Wildman–Crippen LogP) is 4.38. The number of anilines is 1. The molecule has 3 aromatic carbocycles. The standard InChI is InChI=1S/C24H25N3O/c1-3-7-21(8-4-1)24(22-9-5-2-6-10-22)26-25-23-13-11-20(12-14-23)19-27-15-17-28-18-16-27/h1-14,25H,15-19H2. The number of rotatable bonds is 6. The van der Waals surface area contributed by atoms with Gasteiger partial charge >= 0.3 is 0 Å². The van der Waals surface area contributed by atoms with Gasteiger partial charge in [-0.25, -0.2) is 0 Å². The van der Waals surface area contributed by atoms with Gasteiger partial charge in [-0.3, -0.25) is 10.3 Å². The van der Waals surface area contributed by atoms with Gasteiger partial charge in [-0.2, -0.15) is 5.10 Å². The average molecular weight is 371 g/mol. The first kappa shape index (κ1) is 18.4. The van der Waals surface area contributed by atoms with Crippen LogP contribution in [0.1, 0.15) is 16.7 Å². The third-order valence-corrected chi connectivity index (χ3v) is 4.86. The smallest absolute Gasteiger partial charge is 0.0977 e. The molecule has 3 aromatic rings. The molecule has 1 heterocycles. The van der Waals surface area contributed by atoms with Gasteiger partial charge in [0.15, 0.2) is 0 Å². The Kier molecular flexibility index (Phi) is 6.12. The third kappa shape index (κ3) is 4.85. The van der Waals surface area contributed by atoms with E-state index in [0.717, 1.165) is 55.4 Å². The summed E-state index contributed by atoms with van der Waals surface area (Å²) in [6.07, 6.45) is 0. The molecule has 0 radical (unpaired) electrons. The van der Waals surface area contributed by atoms with Crippen molar-refractivity contribution in [2.45, 2.75) is 6.54 Å². The zero-order chi connectivity index (χ0) is 19.0. The maximum atomic E-state index is 5.42. The molecule has 1 aliphatic rings. The van der Waals surface area contributed by atoms with E-state index in [2.05, 4.69) is 58.9 Å². The molecule has 0 amide bonds. The maximum Gasteiger partial charge on any atom is 0.0977 e. The number of nitrogens with zero attached hydrogens (tertiary/aromatic N) is 2. The van der Waals surface area contributed by atoms with E-state index in [1.165, 1.54) is 5.56 Å². The number of benzene rings is 3. The maximum absolute atomic E-state index is 5.42. The van der Waals surface area contributed by atoms with Crippen LogP contribution in [0, 0.1) is 0 Å². The van der Waals surface area contributed by atoms with Gasteiger partial charge in [0.25, 0.3) is 0 Å². The number of hydrogen-bond acceptors (Lipinski definition) is 4. The highest BCUT2D eigenvalue weighted by Crippen LogP contribution is 2.15. The molecule has 1 fully saturated rings. The Bertz CT molecular complexity index is 845. The molecule has 0 aromatic heterocycles. The molecule has 0 spiro atoms. The van der Waals surface area contributed by atoms with E-state index in [1.807, 2.05) is 36.4 Å². The van der Waals surface area contributed by atoms with Crippen LogP contribution in [-0.4, -0.2) is 36.9 Å². The van der Waals surface area contributed by atoms with Crippen LogP contribution in [0.2, 0.25) is 0 Å². The average Bonchev–Trinajstić information content (AvgIpc) is 2.77. The molecule has 0 saturated carbocycles. The van der Waals surface area contributed by atoms with Crippen molar-refractivity contribution in [3.63, 3.8) is 0 Å². The largest absolute Gasteiger partial charge is 0.379 e. The minimum Gasteiger partial charge on any atom is -0.379 e. The second-order valence-electron chi connectivity index (χ2n) is 6.89. The summed E-state index contributed by atoms with van der Waals surface area (Å²) in [5.74, 6) is 0. The molecule has 28 heavy (non-hydrogen) atoms. The van der Waals surface area contributed by atoms with Crippen molar-refractivity contribution >= 4 is 11.4 Å². The van der Waals surface area contributed by atoms with Crippen LogP contribution >= 0.6 is 0 Å². The van der Waals surface area contributed by atoms with E-state index in [9.17, 15) is 0 Å². The van der Waals surface area contributed by atoms with Gasteiger partial charge in [-0.05, 0) is 17.7 Å². The molecule has 1 N–H and O–H groups in total.